The van der Waals surface area contributed by atoms with Gasteiger partial charge in [0, 0.05) is 12.8 Å². The highest BCUT2D eigenvalue weighted by atomic mass is 31.2. The van der Waals surface area contributed by atoms with Crippen molar-refractivity contribution in [1.82, 2.24) is 5.32 Å². The first-order valence-electron chi connectivity index (χ1n) is 31.8. The Bertz CT molecular complexity index is 1360. The number of rotatable bonds is 58. The smallest absolute Gasteiger partial charge is 0.456 e. The van der Waals surface area contributed by atoms with E-state index in [4.69, 9.17) is 13.8 Å². The number of ether oxygens (including phenoxy) is 1. The van der Waals surface area contributed by atoms with Gasteiger partial charge in [0.2, 0.25) is 5.91 Å². The van der Waals surface area contributed by atoms with Crippen molar-refractivity contribution in [2.45, 2.75) is 322 Å². The minimum atomic E-state index is -4.44. The highest BCUT2D eigenvalue weighted by molar-refractivity contribution is 7.47. The number of phosphoric acid groups is 1. The van der Waals surface area contributed by atoms with Crippen LogP contribution in [-0.2, 0) is 27.9 Å². The van der Waals surface area contributed by atoms with Crippen LogP contribution in [0, 0.1) is 0 Å². The van der Waals surface area contributed by atoms with Crippen molar-refractivity contribution in [3.05, 3.63) is 36.5 Å². The van der Waals surface area contributed by atoms with E-state index in [1.165, 1.54) is 212 Å². The molecule has 0 aliphatic rings. The monoisotopic (exact) mass is 1060 g/mol. The lowest BCUT2D eigenvalue weighted by Crippen LogP contribution is -2.47. The summed E-state index contributed by atoms with van der Waals surface area (Å²) in [5.74, 6) is -0.493. The summed E-state index contributed by atoms with van der Waals surface area (Å²) < 4.78 is 30.7. The molecule has 0 heterocycles. The number of carbonyl (C=O) groups excluding carboxylic acids is 2. The molecular formula is C64H124N2O7P+. The van der Waals surface area contributed by atoms with Gasteiger partial charge in [-0.2, -0.15) is 0 Å². The second kappa shape index (κ2) is 54.6. The molecule has 74 heavy (non-hydrogen) atoms. The molecule has 0 fully saturated rings. The van der Waals surface area contributed by atoms with Crippen LogP contribution >= 0.6 is 7.82 Å². The number of amides is 1. The molecule has 436 valence electrons. The Morgan fingerprint density at radius 3 is 1.24 bits per heavy atom. The SMILES string of the molecule is CCCCC/C=C\C/C=C\CCCCCCCCCCCCCCCCCC(=O)NC(COP(=O)(O)OCC[N+](C)(C)C)C(/C=C\CCCCCCCCCCCC)OC(=O)CCCCCCCCCCCCC. The molecule has 1 amide bonds. The van der Waals surface area contributed by atoms with Gasteiger partial charge in [-0.05, 0) is 63.9 Å². The van der Waals surface area contributed by atoms with E-state index in [0.717, 1.165) is 64.2 Å². The van der Waals surface area contributed by atoms with E-state index in [1.807, 2.05) is 33.3 Å². The van der Waals surface area contributed by atoms with Crippen molar-refractivity contribution < 1.29 is 37.3 Å². The number of phosphoric ester groups is 1. The molecule has 10 heteroatoms. The highest BCUT2D eigenvalue weighted by Crippen LogP contribution is 2.43. The van der Waals surface area contributed by atoms with E-state index >= 15 is 0 Å². The highest BCUT2D eigenvalue weighted by Gasteiger charge is 2.30. The molecule has 0 radical (unpaired) electrons. The Morgan fingerprint density at radius 1 is 0.473 bits per heavy atom. The summed E-state index contributed by atoms with van der Waals surface area (Å²) in [7, 11) is 1.51. The number of hydrogen-bond acceptors (Lipinski definition) is 6. The lowest BCUT2D eigenvalue weighted by atomic mass is 10.0. The van der Waals surface area contributed by atoms with Gasteiger partial charge >= 0.3 is 13.8 Å². The predicted molar refractivity (Wildman–Crippen MR) is 319 cm³/mol. The molecule has 0 aromatic heterocycles. The maximum atomic E-state index is 13.5. The second-order valence-corrected chi connectivity index (χ2v) is 24.4. The van der Waals surface area contributed by atoms with E-state index in [1.54, 1.807) is 0 Å². The fourth-order valence-corrected chi connectivity index (χ4v) is 10.1. The number of allylic oxidation sites excluding steroid dienone is 5. The van der Waals surface area contributed by atoms with E-state index in [0.29, 0.717) is 23.9 Å². The van der Waals surface area contributed by atoms with Crippen LogP contribution in [0.1, 0.15) is 310 Å². The van der Waals surface area contributed by atoms with Crippen LogP contribution in [0.25, 0.3) is 0 Å². The van der Waals surface area contributed by atoms with Crippen LogP contribution < -0.4 is 5.32 Å². The van der Waals surface area contributed by atoms with Crippen molar-refractivity contribution in [1.29, 1.82) is 0 Å². The third-order valence-electron chi connectivity index (χ3n) is 14.3. The minimum Gasteiger partial charge on any atom is -0.456 e. The van der Waals surface area contributed by atoms with E-state index in [2.05, 4.69) is 50.4 Å². The Labute approximate surface area is 459 Å². The van der Waals surface area contributed by atoms with Crippen LogP contribution in [0.4, 0.5) is 0 Å². The molecule has 0 aliphatic heterocycles. The minimum absolute atomic E-state index is 0.0431. The molecule has 3 unspecified atom stereocenters. The van der Waals surface area contributed by atoms with Crippen LogP contribution in [0.2, 0.25) is 0 Å². The molecule has 0 aromatic carbocycles. The normalized spacial score (nSPS) is 13.9. The van der Waals surface area contributed by atoms with Gasteiger partial charge in [-0.25, -0.2) is 4.57 Å². The largest absolute Gasteiger partial charge is 0.472 e. The zero-order chi connectivity index (χ0) is 54.3. The number of carbonyl (C=O) groups is 2. The Kier molecular flexibility index (Phi) is 53.3. The average molecular weight is 1060 g/mol. The third kappa shape index (κ3) is 55.0. The van der Waals surface area contributed by atoms with Crippen molar-refractivity contribution in [2.24, 2.45) is 0 Å². The molecule has 0 aromatic rings. The molecule has 0 rings (SSSR count). The maximum absolute atomic E-state index is 13.5. The fraction of sp³-hybridized carbons (Fsp3) is 0.875. The van der Waals surface area contributed by atoms with E-state index in [-0.39, 0.29) is 25.1 Å². The first kappa shape index (κ1) is 72.2. The molecule has 0 aliphatic carbocycles. The average Bonchev–Trinajstić information content (AvgIpc) is 3.36. The third-order valence-corrected chi connectivity index (χ3v) is 15.3. The number of quaternary nitrogens is 1. The summed E-state index contributed by atoms with van der Waals surface area (Å²) in [5, 5.41) is 3.06. The first-order chi connectivity index (χ1) is 35.9. The first-order valence-corrected chi connectivity index (χ1v) is 33.3. The molecular weight excluding hydrogens is 940 g/mol. The lowest BCUT2D eigenvalue weighted by Gasteiger charge is -2.27. The van der Waals surface area contributed by atoms with Crippen LogP contribution in [-0.4, -0.2) is 74.3 Å². The lowest BCUT2D eigenvalue weighted by molar-refractivity contribution is -0.870. The topological polar surface area (TPSA) is 111 Å². The Morgan fingerprint density at radius 2 is 0.824 bits per heavy atom. The van der Waals surface area contributed by atoms with Crippen molar-refractivity contribution in [3.8, 4) is 0 Å². The summed E-state index contributed by atoms with van der Waals surface area (Å²) in [4.78, 5) is 37.6. The van der Waals surface area contributed by atoms with Gasteiger partial charge in [0.1, 0.15) is 19.3 Å². The van der Waals surface area contributed by atoms with Gasteiger partial charge in [-0.3, -0.25) is 18.6 Å². The molecule has 2 N–H and O–H groups in total. The predicted octanol–water partition coefficient (Wildman–Crippen LogP) is 19.5. The summed E-state index contributed by atoms with van der Waals surface area (Å²) >= 11 is 0. The van der Waals surface area contributed by atoms with Gasteiger partial charge in [0.25, 0.3) is 0 Å². The fourth-order valence-electron chi connectivity index (χ4n) is 9.38. The number of nitrogens with one attached hydrogen (secondary N) is 1. The quantitative estimate of drug-likeness (QED) is 0.0205. The number of likely N-dealkylation sites (N-methyl/N-ethyl adjacent to an activating group) is 1. The molecule has 3 atom stereocenters. The maximum Gasteiger partial charge on any atom is 0.472 e. The molecule has 9 nitrogen and oxygen atoms in total. The van der Waals surface area contributed by atoms with Crippen molar-refractivity contribution in [2.75, 3.05) is 40.9 Å². The molecule has 0 spiro atoms. The Balaban J connectivity index is 5.02. The van der Waals surface area contributed by atoms with Crippen LogP contribution in [0.5, 0.6) is 0 Å². The standard InChI is InChI=1S/C64H123N2O7P/c1-7-10-13-16-19-22-25-27-28-29-30-31-32-33-34-35-36-37-38-39-42-44-47-50-53-56-63(67)65-61(60-72-74(69,70)71-59-58-66(4,5)6)62(55-52-49-46-43-41-26-23-20-17-14-11-8-2)73-64(68)57-54-51-48-45-40-24-21-18-15-12-9-3/h19,22,27-28,52,55,61-62H,7-18,20-21,23-26,29-51,53-54,56-60H2,1-6H3,(H-,65,67,69,70)/p+1/b22-19-,28-27-,55-52-. The summed E-state index contributed by atoms with van der Waals surface area (Å²) in [5.41, 5.74) is 0. The van der Waals surface area contributed by atoms with E-state index < -0.39 is 20.0 Å². The van der Waals surface area contributed by atoms with Gasteiger partial charge in [0.05, 0.1) is 33.8 Å². The number of hydrogen-bond donors (Lipinski definition) is 2. The van der Waals surface area contributed by atoms with Crippen molar-refractivity contribution in [3.63, 3.8) is 0 Å². The summed E-state index contributed by atoms with van der Waals surface area (Å²) in [6.45, 7) is 7.01. The van der Waals surface area contributed by atoms with Gasteiger partial charge in [0.15, 0.2) is 0 Å². The number of esters is 1. The van der Waals surface area contributed by atoms with E-state index in [9.17, 15) is 19.0 Å². The van der Waals surface area contributed by atoms with Gasteiger partial charge < -0.3 is 19.4 Å². The Hall–Kier alpha value is -1.77. The summed E-state index contributed by atoms with van der Waals surface area (Å²) in [6, 6.07) is -0.842. The molecule has 0 saturated carbocycles. The zero-order valence-electron chi connectivity index (χ0n) is 49.9. The number of unbranched alkanes of at least 4 members (excludes halogenated alkanes) is 38. The van der Waals surface area contributed by atoms with Gasteiger partial charge in [-0.1, -0.05) is 269 Å². The zero-order valence-corrected chi connectivity index (χ0v) is 50.7. The second-order valence-electron chi connectivity index (χ2n) is 22.9. The van der Waals surface area contributed by atoms with Gasteiger partial charge in [-0.15, -0.1) is 0 Å². The van der Waals surface area contributed by atoms with Crippen LogP contribution in [0.15, 0.2) is 36.5 Å². The molecule has 0 saturated heterocycles. The number of nitrogens with zero attached hydrogens (tertiary/aromatic N) is 1. The van der Waals surface area contributed by atoms with Crippen LogP contribution in [0.3, 0.4) is 0 Å². The van der Waals surface area contributed by atoms with Crippen molar-refractivity contribution >= 4 is 19.7 Å². The summed E-state index contributed by atoms with van der Waals surface area (Å²) in [6.07, 6.45) is 65.8. The molecule has 0 bridgehead atoms.